The van der Waals surface area contributed by atoms with Gasteiger partial charge in [-0.2, -0.15) is 0 Å². The lowest BCUT2D eigenvalue weighted by Crippen LogP contribution is -2.55. The van der Waals surface area contributed by atoms with Crippen molar-refractivity contribution >= 4 is 11.8 Å². The minimum Gasteiger partial charge on any atom is -0.485 e. The predicted octanol–water partition coefficient (Wildman–Crippen LogP) is 2.64. The van der Waals surface area contributed by atoms with Gasteiger partial charge in [0.1, 0.15) is 17.1 Å². The number of ether oxygens (including phenoxy) is 1. The fourth-order valence-electron chi connectivity index (χ4n) is 4.29. The smallest absolute Gasteiger partial charge is 0.227 e. The highest BCUT2D eigenvalue weighted by Crippen LogP contribution is 2.36. The highest BCUT2D eigenvalue weighted by atomic mass is 16.5. The fourth-order valence-corrected chi connectivity index (χ4v) is 4.29. The number of carbonyl (C=O) groups is 2. The molecule has 0 radical (unpaired) electrons. The lowest BCUT2D eigenvalue weighted by molar-refractivity contribution is -0.138. The van der Waals surface area contributed by atoms with E-state index < -0.39 is 5.60 Å². The zero-order valence-electron chi connectivity index (χ0n) is 17.2. The Labute approximate surface area is 170 Å². The molecule has 2 aliphatic rings. The molecule has 1 fully saturated rings. The number of hydrogen-bond acceptors (Lipinski definition) is 5. The Morgan fingerprint density at radius 3 is 2.52 bits per heavy atom. The first kappa shape index (κ1) is 19.5. The van der Waals surface area contributed by atoms with E-state index in [1.54, 1.807) is 6.92 Å². The first-order valence-electron chi connectivity index (χ1n) is 10.1. The van der Waals surface area contributed by atoms with Crippen molar-refractivity contribution in [2.45, 2.75) is 52.2 Å². The van der Waals surface area contributed by atoms with Gasteiger partial charge in [0.2, 0.25) is 11.8 Å². The Hall–Kier alpha value is -2.83. The summed E-state index contributed by atoms with van der Waals surface area (Å²) in [5.74, 6) is 1.64. The van der Waals surface area contributed by atoms with Gasteiger partial charge in [0, 0.05) is 50.5 Å². The van der Waals surface area contributed by atoms with Crippen molar-refractivity contribution in [3.8, 4) is 5.75 Å². The molecule has 0 aliphatic carbocycles. The maximum Gasteiger partial charge on any atom is 0.227 e. The van der Waals surface area contributed by atoms with Gasteiger partial charge < -0.3 is 19.1 Å². The van der Waals surface area contributed by atoms with Crippen LogP contribution in [0.25, 0.3) is 0 Å². The van der Waals surface area contributed by atoms with Gasteiger partial charge in [-0.05, 0) is 19.9 Å². The van der Waals surface area contributed by atoms with Crippen LogP contribution in [-0.4, -0.2) is 52.0 Å². The number of piperidine rings is 1. The van der Waals surface area contributed by atoms with Crippen LogP contribution >= 0.6 is 0 Å². The molecular formula is C22H27N3O4. The van der Waals surface area contributed by atoms with E-state index in [1.807, 2.05) is 47.9 Å². The number of aromatic nitrogens is 1. The molecule has 154 valence electrons. The fraction of sp³-hybridized carbons (Fsp3) is 0.500. The first-order chi connectivity index (χ1) is 13.9. The van der Waals surface area contributed by atoms with Gasteiger partial charge in [0.15, 0.2) is 0 Å². The number of carbonyl (C=O) groups excluding carboxylic acids is 2. The van der Waals surface area contributed by atoms with Crippen LogP contribution in [0.15, 0.2) is 28.8 Å². The molecule has 1 saturated heterocycles. The van der Waals surface area contributed by atoms with Crippen LogP contribution in [0.1, 0.15) is 42.3 Å². The molecule has 0 bridgehead atoms. The number of para-hydroxylation sites is 1. The summed E-state index contributed by atoms with van der Waals surface area (Å²) < 4.78 is 11.7. The largest absolute Gasteiger partial charge is 0.485 e. The van der Waals surface area contributed by atoms with Crippen LogP contribution in [0, 0.1) is 13.8 Å². The number of benzene rings is 1. The van der Waals surface area contributed by atoms with Crippen LogP contribution in [0.3, 0.4) is 0 Å². The van der Waals surface area contributed by atoms with E-state index in [0.29, 0.717) is 44.8 Å². The standard InChI is InChI=1S/C22H27N3O4/c1-15-19(16(2)29-23-15)12-21(27)25-13-18-6-4-5-7-20(18)28-22(14-25)8-10-24(11-9-22)17(3)26/h4-7H,8-14H2,1-3H3. The molecule has 0 unspecified atom stereocenters. The van der Waals surface area contributed by atoms with Gasteiger partial charge in [-0.15, -0.1) is 0 Å². The monoisotopic (exact) mass is 397 g/mol. The molecule has 4 rings (SSSR count). The van der Waals surface area contributed by atoms with Gasteiger partial charge in [0.05, 0.1) is 18.7 Å². The quantitative estimate of drug-likeness (QED) is 0.779. The number of hydrogen-bond donors (Lipinski definition) is 0. The van der Waals surface area contributed by atoms with Crippen molar-refractivity contribution in [3.05, 3.63) is 46.8 Å². The van der Waals surface area contributed by atoms with E-state index >= 15 is 0 Å². The number of fused-ring (bicyclic) bond motifs is 1. The molecule has 1 spiro atoms. The summed E-state index contributed by atoms with van der Waals surface area (Å²) in [4.78, 5) is 28.8. The van der Waals surface area contributed by atoms with Crippen molar-refractivity contribution in [1.82, 2.24) is 15.0 Å². The molecule has 3 heterocycles. The average Bonchev–Trinajstić information content (AvgIpc) is 2.92. The Morgan fingerprint density at radius 1 is 1.14 bits per heavy atom. The summed E-state index contributed by atoms with van der Waals surface area (Å²) >= 11 is 0. The minimum absolute atomic E-state index is 0.0353. The molecular weight excluding hydrogens is 370 g/mol. The molecule has 0 saturated carbocycles. The van der Waals surface area contributed by atoms with Crippen LogP contribution < -0.4 is 4.74 Å². The molecule has 2 aromatic rings. The summed E-state index contributed by atoms with van der Waals surface area (Å²) in [5, 5.41) is 3.97. The zero-order valence-corrected chi connectivity index (χ0v) is 17.2. The second-order valence-electron chi connectivity index (χ2n) is 8.13. The maximum absolute atomic E-state index is 13.3. The molecule has 1 aromatic heterocycles. The number of aryl methyl sites for hydroxylation is 2. The first-order valence-corrected chi connectivity index (χ1v) is 10.1. The number of likely N-dealkylation sites (tertiary alicyclic amines) is 1. The lowest BCUT2D eigenvalue weighted by Gasteiger charge is -2.42. The molecule has 2 amide bonds. The molecule has 29 heavy (non-hydrogen) atoms. The highest BCUT2D eigenvalue weighted by Gasteiger charge is 2.42. The average molecular weight is 397 g/mol. The Bertz CT molecular complexity index is 908. The van der Waals surface area contributed by atoms with E-state index in [2.05, 4.69) is 5.16 Å². The maximum atomic E-state index is 13.3. The molecule has 2 aliphatic heterocycles. The summed E-state index contributed by atoms with van der Waals surface area (Å²) in [6.07, 6.45) is 1.67. The molecule has 0 N–H and O–H groups in total. The second kappa shape index (κ2) is 7.54. The van der Waals surface area contributed by atoms with Gasteiger partial charge in [-0.1, -0.05) is 23.4 Å². The lowest BCUT2D eigenvalue weighted by atomic mass is 9.90. The van der Waals surface area contributed by atoms with E-state index in [-0.39, 0.29) is 18.2 Å². The number of rotatable bonds is 2. The Kier molecular flexibility index (Phi) is 5.06. The minimum atomic E-state index is -0.479. The van der Waals surface area contributed by atoms with Gasteiger partial charge in [0.25, 0.3) is 0 Å². The van der Waals surface area contributed by atoms with Gasteiger partial charge in [-0.3, -0.25) is 9.59 Å². The van der Waals surface area contributed by atoms with E-state index in [4.69, 9.17) is 9.26 Å². The third kappa shape index (κ3) is 3.86. The highest BCUT2D eigenvalue weighted by molar-refractivity contribution is 5.79. The van der Waals surface area contributed by atoms with Crippen LogP contribution in [0.2, 0.25) is 0 Å². The van der Waals surface area contributed by atoms with Crippen molar-refractivity contribution in [2.75, 3.05) is 19.6 Å². The van der Waals surface area contributed by atoms with Crippen molar-refractivity contribution in [1.29, 1.82) is 0 Å². The normalized spacial score (nSPS) is 18.2. The van der Waals surface area contributed by atoms with Crippen molar-refractivity contribution < 1.29 is 18.8 Å². The van der Waals surface area contributed by atoms with Crippen molar-refractivity contribution in [3.63, 3.8) is 0 Å². The zero-order chi connectivity index (χ0) is 20.6. The van der Waals surface area contributed by atoms with E-state index in [1.165, 1.54) is 0 Å². The summed E-state index contributed by atoms with van der Waals surface area (Å²) in [6.45, 7) is 7.60. The topological polar surface area (TPSA) is 75.9 Å². The summed E-state index contributed by atoms with van der Waals surface area (Å²) in [7, 11) is 0. The van der Waals surface area contributed by atoms with Gasteiger partial charge >= 0.3 is 0 Å². The van der Waals surface area contributed by atoms with E-state index in [0.717, 1.165) is 22.6 Å². The van der Waals surface area contributed by atoms with Crippen LogP contribution in [-0.2, 0) is 22.6 Å². The number of amides is 2. The molecule has 7 heteroatoms. The third-order valence-electron chi connectivity index (χ3n) is 6.12. The van der Waals surface area contributed by atoms with Crippen LogP contribution in [0.5, 0.6) is 5.75 Å². The Morgan fingerprint density at radius 2 is 1.86 bits per heavy atom. The molecule has 0 atom stereocenters. The molecule has 7 nitrogen and oxygen atoms in total. The SMILES string of the molecule is CC(=O)N1CCC2(CC1)CN(C(=O)Cc1c(C)noc1C)Cc1ccccc1O2. The summed E-state index contributed by atoms with van der Waals surface area (Å²) in [5.41, 5.74) is 2.14. The van der Waals surface area contributed by atoms with Crippen LogP contribution in [0.4, 0.5) is 0 Å². The van der Waals surface area contributed by atoms with Crippen molar-refractivity contribution in [2.24, 2.45) is 0 Å². The third-order valence-corrected chi connectivity index (χ3v) is 6.12. The molecule has 1 aromatic carbocycles. The second-order valence-corrected chi connectivity index (χ2v) is 8.13. The van der Waals surface area contributed by atoms with Gasteiger partial charge in [-0.25, -0.2) is 0 Å². The van der Waals surface area contributed by atoms with E-state index in [9.17, 15) is 9.59 Å². The number of nitrogens with zero attached hydrogens (tertiary/aromatic N) is 3. The Balaban J connectivity index is 1.60. The summed E-state index contributed by atoms with van der Waals surface area (Å²) in [6, 6.07) is 7.90. The predicted molar refractivity (Wildman–Crippen MR) is 106 cm³/mol.